The molecule has 0 amide bonds. The molecule has 4 aromatic carbocycles. The Kier molecular flexibility index (Phi) is 5.10. The van der Waals surface area contributed by atoms with E-state index < -0.39 is 10.0 Å². The Morgan fingerprint density at radius 1 is 0.839 bits per heavy atom. The van der Waals surface area contributed by atoms with Crippen molar-refractivity contribution in [3.05, 3.63) is 102 Å². The lowest BCUT2D eigenvalue weighted by Gasteiger charge is -2.23. The largest absolute Gasteiger partial charge is 0.308 e. The molecule has 0 radical (unpaired) electrons. The van der Waals surface area contributed by atoms with E-state index in [4.69, 9.17) is 0 Å². The van der Waals surface area contributed by atoms with Crippen molar-refractivity contribution >= 4 is 20.8 Å². The van der Waals surface area contributed by atoms with Crippen molar-refractivity contribution in [3.8, 4) is 11.1 Å². The molecule has 0 spiro atoms. The molecule has 1 unspecified atom stereocenters. The van der Waals surface area contributed by atoms with Crippen LogP contribution in [0.15, 0.2) is 95.9 Å². The summed E-state index contributed by atoms with van der Waals surface area (Å²) in [5, 5.41) is 5.97. The third-order valence-electron chi connectivity index (χ3n) is 6.02. The van der Waals surface area contributed by atoms with Crippen molar-refractivity contribution in [1.82, 2.24) is 10.0 Å². The van der Waals surface area contributed by atoms with Crippen LogP contribution in [0.1, 0.15) is 30.1 Å². The van der Waals surface area contributed by atoms with Crippen LogP contribution in [0, 0.1) is 0 Å². The molecular weight excluding hydrogens is 404 g/mol. The van der Waals surface area contributed by atoms with Crippen LogP contribution in [0.5, 0.6) is 0 Å². The highest BCUT2D eigenvalue weighted by Gasteiger charge is 2.30. The molecule has 2 atom stereocenters. The van der Waals surface area contributed by atoms with Gasteiger partial charge in [0.05, 0.1) is 10.9 Å². The van der Waals surface area contributed by atoms with Gasteiger partial charge in [0.2, 0.25) is 10.0 Å². The fraction of sp³-hybridized carbons (Fsp3) is 0.154. The summed E-state index contributed by atoms with van der Waals surface area (Å²) < 4.78 is 29.2. The molecule has 5 rings (SSSR count). The van der Waals surface area contributed by atoms with Crippen LogP contribution in [-0.2, 0) is 10.0 Å². The molecule has 4 aromatic rings. The maximum Gasteiger partial charge on any atom is 0.241 e. The van der Waals surface area contributed by atoms with E-state index in [0.717, 1.165) is 16.7 Å². The average molecular weight is 429 g/mol. The Morgan fingerprint density at radius 2 is 1.52 bits per heavy atom. The van der Waals surface area contributed by atoms with Crippen LogP contribution in [0.3, 0.4) is 0 Å². The Bertz CT molecular complexity index is 1360. The zero-order chi connectivity index (χ0) is 21.4. The molecule has 4 nitrogen and oxygen atoms in total. The van der Waals surface area contributed by atoms with Crippen molar-refractivity contribution in [2.24, 2.45) is 0 Å². The molecular formula is C26H24N2O2S. The van der Waals surface area contributed by atoms with Gasteiger partial charge in [-0.1, -0.05) is 84.9 Å². The van der Waals surface area contributed by atoms with Gasteiger partial charge in [-0.2, -0.15) is 0 Å². The first-order valence-electron chi connectivity index (χ1n) is 10.5. The van der Waals surface area contributed by atoms with Gasteiger partial charge >= 0.3 is 0 Å². The van der Waals surface area contributed by atoms with Crippen LogP contribution >= 0.6 is 0 Å². The quantitative estimate of drug-likeness (QED) is 0.470. The van der Waals surface area contributed by atoms with Gasteiger partial charge in [0, 0.05) is 18.2 Å². The van der Waals surface area contributed by atoms with E-state index in [1.165, 1.54) is 16.3 Å². The predicted molar refractivity (Wildman–Crippen MR) is 125 cm³/mol. The van der Waals surface area contributed by atoms with E-state index in [1.54, 1.807) is 12.1 Å². The first kappa shape index (κ1) is 19.9. The van der Waals surface area contributed by atoms with E-state index in [9.17, 15) is 8.42 Å². The lowest BCUT2D eigenvalue weighted by atomic mass is 9.94. The normalized spacial score (nSPS) is 18.0. The van der Waals surface area contributed by atoms with Crippen molar-refractivity contribution in [2.75, 3.05) is 6.54 Å². The van der Waals surface area contributed by atoms with E-state index >= 15 is 0 Å². The lowest BCUT2D eigenvalue weighted by Crippen LogP contribution is -2.35. The van der Waals surface area contributed by atoms with Crippen LogP contribution in [0.4, 0.5) is 0 Å². The fourth-order valence-electron chi connectivity index (χ4n) is 4.47. The zero-order valence-electron chi connectivity index (χ0n) is 17.2. The third-order valence-corrected chi connectivity index (χ3v) is 7.55. The Balaban J connectivity index is 1.48. The lowest BCUT2D eigenvalue weighted by molar-refractivity contribution is 0.497. The molecule has 0 aromatic heterocycles. The van der Waals surface area contributed by atoms with Gasteiger partial charge in [0.1, 0.15) is 0 Å². The number of fused-ring (bicyclic) bond motifs is 4. The standard InChI is InChI=1S/C26H24N2O2S/c1-18(20-15-8-10-19-9-2-3-11-21(19)20)27-17-25-23-13-5-4-12-22(23)24-14-6-7-16-26(24)31(29,30)28-25/h2-16,18,25,27-28H,17H2,1H3/t18-,25?/m1/s1. The summed E-state index contributed by atoms with van der Waals surface area (Å²) in [6, 6.07) is 29.4. The second-order valence-corrected chi connectivity index (χ2v) is 9.64. The second-order valence-electron chi connectivity index (χ2n) is 7.96. The number of hydrogen-bond acceptors (Lipinski definition) is 3. The molecule has 156 valence electrons. The molecule has 0 aliphatic carbocycles. The summed E-state index contributed by atoms with van der Waals surface area (Å²) in [4.78, 5) is 0.326. The molecule has 0 bridgehead atoms. The van der Waals surface area contributed by atoms with Crippen molar-refractivity contribution in [2.45, 2.75) is 23.9 Å². The van der Waals surface area contributed by atoms with Crippen molar-refractivity contribution < 1.29 is 8.42 Å². The molecule has 31 heavy (non-hydrogen) atoms. The highest BCUT2D eigenvalue weighted by molar-refractivity contribution is 7.89. The molecule has 0 saturated heterocycles. The van der Waals surface area contributed by atoms with Crippen LogP contribution in [0.25, 0.3) is 21.9 Å². The SMILES string of the molecule is C[C@@H](NCC1NS(=O)(=O)c2ccccc2-c2ccccc21)c1cccc2ccccc12. The van der Waals surface area contributed by atoms with Crippen molar-refractivity contribution in [1.29, 1.82) is 0 Å². The Labute approximate surface area is 183 Å². The molecule has 1 heterocycles. The maximum absolute atomic E-state index is 13.1. The monoisotopic (exact) mass is 428 g/mol. The number of rotatable bonds is 4. The van der Waals surface area contributed by atoms with Gasteiger partial charge < -0.3 is 5.32 Å². The highest BCUT2D eigenvalue weighted by atomic mass is 32.2. The van der Waals surface area contributed by atoms with Gasteiger partial charge in [-0.3, -0.25) is 0 Å². The number of nitrogens with one attached hydrogen (secondary N) is 2. The number of benzene rings is 4. The third kappa shape index (κ3) is 3.65. The van der Waals surface area contributed by atoms with Crippen LogP contribution < -0.4 is 10.0 Å². The predicted octanol–water partition coefficient (Wildman–Crippen LogP) is 5.19. The Morgan fingerprint density at radius 3 is 2.39 bits per heavy atom. The summed E-state index contributed by atoms with van der Waals surface area (Å²) in [6.45, 7) is 2.60. The first-order chi connectivity index (χ1) is 15.0. The minimum Gasteiger partial charge on any atom is -0.308 e. The van der Waals surface area contributed by atoms with Gasteiger partial charge in [-0.05, 0) is 40.5 Å². The van der Waals surface area contributed by atoms with E-state index in [-0.39, 0.29) is 12.1 Å². The van der Waals surface area contributed by atoms with Crippen LogP contribution in [-0.4, -0.2) is 15.0 Å². The van der Waals surface area contributed by atoms with E-state index in [1.807, 2.05) is 48.5 Å². The van der Waals surface area contributed by atoms with E-state index in [0.29, 0.717) is 11.4 Å². The second kappa shape index (κ2) is 7.93. The molecule has 5 heteroatoms. The summed E-state index contributed by atoms with van der Waals surface area (Å²) in [5.41, 5.74) is 3.88. The molecule has 2 N–H and O–H groups in total. The number of hydrogen-bond donors (Lipinski definition) is 2. The van der Waals surface area contributed by atoms with Gasteiger partial charge in [0.25, 0.3) is 0 Å². The molecule has 0 fully saturated rings. The minimum atomic E-state index is -3.63. The first-order valence-corrected chi connectivity index (χ1v) is 11.9. The summed E-state index contributed by atoms with van der Waals surface area (Å²) in [5.74, 6) is 0. The van der Waals surface area contributed by atoms with E-state index in [2.05, 4.69) is 47.3 Å². The minimum absolute atomic E-state index is 0.0633. The van der Waals surface area contributed by atoms with Gasteiger partial charge in [0.15, 0.2) is 0 Å². The number of sulfonamides is 1. The van der Waals surface area contributed by atoms with Gasteiger partial charge in [-0.25, -0.2) is 13.1 Å². The molecule has 1 aliphatic heterocycles. The summed E-state index contributed by atoms with van der Waals surface area (Å²) in [7, 11) is -3.63. The summed E-state index contributed by atoms with van der Waals surface area (Å²) in [6.07, 6.45) is 0. The molecule has 0 saturated carbocycles. The highest BCUT2D eigenvalue weighted by Crippen LogP contribution is 2.37. The topological polar surface area (TPSA) is 58.2 Å². The smallest absolute Gasteiger partial charge is 0.241 e. The fourth-order valence-corrected chi connectivity index (χ4v) is 5.91. The van der Waals surface area contributed by atoms with Gasteiger partial charge in [-0.15, -0.1) is 0 Å². The van der Waals surface area contributed by atoms with Crippen molar-refractivity contribution in [3.63, 3.8) is 0 Å². The average Bonchev–Trinajstić information content (AvgIpc) is 2.90. The summed E-state index contributed by atoms with van der Waals surface area (Å²) >= 11 is 0. The van der Waals surface area contributed by atoms with Crippen LogP contribution in [0.2, 0.25) is 0 Å². The molecule has 1 aliphatic rings. The zero-order valence-corrected chi connectivity index (χ0v) is 18.1. The maximum atomic E-state index is 13.1. The Hall–Kier alpha value is -2.99.